The van der Waals surface area contributed by atoms with Crippen molar-refractivity contribution in [3.8, 4) is 5.69 Å². The summed E-state index contributed by atoms with van der Waals surface area (Å²) >= 11 is 7.75. The van der Waals surface area contributed by atoms with Crippen molar-refractivity contribution < 1.29 is 4.79 Å². The van der Waals surface area contributed by atoms with Gasteiger partial charge in [-0.15, -0.1) is 0 Å². The molecule has 2 aromatic heterocycles. The maximum atomic E-state index is 12.7. The van der Waals surface area contributed by atoms with Crippen molar-refractivity contribution in [1.82, 2.24) is 24.6 Å². The minimum absolute atomic E-state index is 0.0965. The number of para-hydroxylation sites is 1. The minimum atomic E-state index is 0.0965. The lowest BCUT2D eigenvalue weighted by molar-refractivity contribution is -0.129. The standard InChI is InChI=1S/C20H23ClN6OS/c1-12-7-9-26(10-8-12)16(28)11-29-20-23-19-17(13(2)24-25-19)18(22)27(20)15-6-4-3-5-14(15)21/h3-6,12,22H,7-11H2,1-2H3,(H,24,25). The Morgan fingerprint density at radius 3 is 2.79 bits per heavy atom. The van der Waals surface area contributed by atoms with Gasteiger partial charge in [0.1, 0.15) is 5.49 Å². The van der Waals surface area contributed by atoms with Crippen molar-refractivity contribution in [1.29, 1.82) is 5.41 Å². The van der Waals surface area contributed by atoms with E-state index in [9.17, 15) is 4.79 Å². The molecule has 9 heteroatoms. The molecule has 0 unspecified atom stereocenters. The second-order valence-corrected chi connectivity index (χ2v) is 8.78. The highest BCUT2D eigenvalue weighted by Crippen LogP contribution is 2.26. The highest BCUT2D eigenvalue weighted by molar-refractivity contribution is 7.99. The van der Waals surface area contributed by atoms with Crippen LogP contribution in [0.1, 0.15) is 25.5 Å². The van der Waals surface area contributed by atoms with Gasteiger partial charge in [0.15, 0.2) is 10.8 Å². The first kappa shape index (κ1) is 20.0. The van der Waals surface area contributed by atoms with Crippen LogP contribution in [0, 0.1) is 18.3 Å². The fourth-order valence-electron chi connectivity index (χ4n) is 3.56. The minimum Gasteiger partial charge on any atom is -0.342 e. The van der Waals surface area contributed by atoms with Gasteiger partial charge in [-0.2, -0.15) is 5.10 Å². The summed E-state index contributed by atoms with van der Waals surface area (Å²) < 4.78 is 1.70. The SMILES string of the molecule is Cc1[nH]nc2nc(SCC(=O)N3CCC(C)CC3)n(-c3ccccc3Cl)c(=N)c12. The number of carbonyl (C=O) groups is 1. The van der Waals surface area contributed by atoms with Gasteiger partial charge in [-0.25, -0.2) is 4.98 Å². The van der Waals surface area contributed by atoms with Crippen LogP contribution in [0.25, 0.3) is 16.7 Å². The van der Waals surface area contributed by atoms with Crippen molar-refractivity contribution in [3.05, 3.63) is 40.5 Å². The summed E-state index contributed by atoms with van der Waals surface area (Å²) in [6, 6.07) is 7.35. The van der Waals surface area contributed by atoms with E-state index in [2.05, 4.69) is 22.1 Å². The van der Waals surface area contributed by atoms with Gasteiger partial charge in [0, 0.05) is 18.8 Å². The average Bonchev–Trinajstić information content (AvgIpc) is 3.08. The molecule has 4 rings (SSSR count). The number of halogens is 1. The molecule has 1 amide bonds. The maximum absolute atomic E-state index is 12.7. The molecule has 2 N–H and O–H groups in total. The third-order valence-electron chi connectivity index (χ3n) is 5.34. The highest BCUT2D eigenvalue weighted by atomic mass is 35.5. The summed E-state index contributed by atoms with van der Waals surface area (Å²) in [6.07, 6.45) is 2.09. The number of H-pyrrole nitrogens is 1. The summed E-state index contributed by atoms with van der Waals surface area (Å²) in [5.41, 5.74) is 2.15. The number of hydrogen-bond donors (Lipinski definition) is 2. The fourth-order valence-corrected chi connectivity index (χ4v) is 4.68. The van der Waals surface area contributed by atoms with Crippen LogP contribution in [0.4, 0.5) is 0 Å². The lowest BCUT2D eigenvalue weighted by Gasteiger charge is -2.30. The number of aromatic nitrogens is 4. The fraction of sp³-hybridized carbons (Fsp3) is 0.400. The Morgan fingerprint density at radius 1 is 1.34 bits per heavy atom. The second kappa shape index (κ2) is 8.20. The van der Waals surface area contributed by atoms with Gasteiger partial charge in [-0.1, -0.05) is 42.4 Å². The van der Waals surface area contributed by atoms with Gasteiger partial charge < -0.3 is 4.90 Å². The number of benzene rings is 1. The van der Waals surface area contributed by atoms with Crippen molar-refractivity contribution in [2.75, 3.05) is 18.8 Å². The number of hydrogen-bond acceptors (Lipinski definition) is 5. The number of aromatic amines is 1. The first-order valence-corrected chi connectivity index (χ1v) is 11.0. The normalized spacial score (nSPS) is 15.2. The van der Waals surface area contributed by atoms with Crippen LogP contribution in [0.5, 0.6) is 0 Å². The van der Waals surface area contributed by atoms with Crippen molar-refractivity contribution in [2.24, 2.45) is 5.92 Å². The Kier molecular flexibility index (Phi) is 5.65. The maximum Gasteiger partial charge on any atom is 0.233 e. The number of aryl methyl sites for hydroxylation is 1. The van der Waals surface area contributed by atoms with E-state index < -0.39 is 0 Å². The number of nitrogens with one attached hydrogen (secondary N) is 2. The summed E-state index contributed by atoms with van der Waals surface area (Å²) in [6.45, 7) is 5.70. The van der Waals surface area contributed by atoms with Crippen LogP contribution >= 0.6 is 23.4 Å². The number of carbonyl (C=O) groups excluding carboxylic acids is 1. The third kappa shape index (κ3) is 3.91. The molecule has 0 saturated carbocycles. The molecule has 0 spiro atoms. The topological polar surface area (TPSA) is 90.7 Å². The van der Waals surface area contributed by atoms with Crippen molar-refractivity contribution >= 4 is 40.3 Å². The Bertz CT molecular complexity index is 1120. The van der Waals surface area contributed by atoms with Crippen LogP contribution in [-0.4, -0.2) is 49.4 Å². The van der Waals surface area contributed by atoms with E-state index in [0.29, 0.717) is 32.8 Å². The molecule has 3 heterocycles. The van der Waals surface area contributed by atoms with Gasteiger partial charge in [-0.05, 0) is 37.8 Å². The average molecular weight is 431 g/mol. The number of piperidine rings is 1. The molecule has 0 aliphatic carbocycles. The predicted molar refractivity (Wildman–Crippen MR) is 115 cm³/mol. The van der Waals surface area contributed by atoms with Gasteiger partial charge >= 0.3 is 0 Å². The van der Waals surface area contributed by atoms with E-state index in [1.807, 2.05) is 30.0 Å². The molecule has 1 fully saturated rings. The molecule has 1 saturated heterocycles. The molecular formula is C20H23ClN6OS. The second-order valence-electron chi connectivity index (χ2n) is 7.43. The zero-order valence-electron chi connectivity index (χ0n) is 16.4. The van der Waals surface area contributed by atoms with Crippen molar-refractivity contribution in [2.45, 2.75) is 31.8 Å². The molecule has 152 valence electrons. The van der Waals surface area contributed by atoms with E-state index in [0.717, 1.165) is 31.6 Å². The van der Waals surface area contributed by atoms with Crippen LogP contribution in [-0.2, 0) is 4.79 Å². The van der Waals surface area contributed by atoms with E-state index in [4.69, 9.17) is 17.0 Å². The van der Waals surface area contributed by atoms with E-state index in [1.165, 1.54) is 11.8 Å². The molecule has 0 radical (unpaired) electrons. The monoisotopic (exact) mass is 430 g/mol. The molecule has 29 heavy (non-hydrogen) atoms. The quantitative estimate of drug-likeness (QED) is 0.489. The molecule has 1 aliphatic heterocycles. The molecular weight excluding hydrogens is 408 g/mol. The van der Waals surface area contributed by atoms with Gasteiger partial charge in [-0.3, -0.25) is 19.9 Å². The zero-order valence-corrected chi connectivity index (χ0v) is 18.0. The Labute approximate surface area is 178 Å². The van der Waals surface area contributed by atoms with E-state index in [-0.39, 0.29) is 17.1 Å². The Morgan fingerprint density at radius 2 is 2.07 bits per heavy atom. The van der Waals surface area contributed by atoms with Crippen molar-refractivity contribution in [3.63, 3.8) is 0 Å². The van der Waals surface area contributed by atoms with Crippen LogP contribution < -0.4 is 5.49 Å². The van der Waals surface area contributed by atoms with Gasteiger partial charge in [0.25, 0.3) is 0 Å². The summed E-state index contributed by atoms with van der Waals surface area (Å²) in [5.74, 6) is 1.03. The number of amides is 1. The summed E-state index contributed by atoms with van der Waals surface area (Å²) in [4.78, 5) is 19.3. The zero-order chi connectivity index (χ0) is 20.5. The predicted octanol–water partition coefficient (Wildman–Crippen LogP) is 3.54. The molecule has 1 aromatic carbocycles. The molecule has 0 bridgehead atoms. The van der Waals surface area contributed by atoms with Crippen LogP contribution in [0.3, 0.4) is 0 Å². The number of fused-ring (bicyclic) bond motifs is 1. The Balaban J connectivity index is 1.70. The number of likely N-dealkylation sites (tertiary alicyclic amines) is 1. The highest BCUT2D eigenvalue weighted by Gasteiger charge is 2.22. The lowest BCUT2D eigenvalue weighted by atomic mass is 9.99. The van der Waals surface area contributed by atoms with Gasteiger partial charge in [0.2, 0.25) is 5.91 Å². The summed E-state index contributed by atoms with van der Waals surface area (Å²) in [5, 5.41) is 17.6. The van der Waals surface area contributed by atoms with E-state index in [1.54, 1.807) is 10.6 Å². The van der Waals surface area contributed by atoms with E-state index >= 15 is 0 Å². The molecule has 3 aromatic rings. The Hall–Kier alpha value is -2.32. The third-order valence-corrected chi connectivity index (χ3v) is 6.58. The number of thioether (sulfide) groups is 1. The first-order valence-electron chi connectivity index (χ1n) is 9.63. The van der Waals surface area contributed by atoms with Gasteiger partial charge in [0.05, 0.1) is 21.8 Å². The number of rotatable bonds is 4. The lowest BCUT2D eigenvalue weighted by Crippen LogP contribution is -2.39. The molecule has 7 nitrogen and oxygen atoms in total. The molecule has 1 aliphatic rings. The molecule has 0 atom stereocenters. The number of nitrogens with zero attached hydrogens (tertiary/aromatic N) is 4. The summed E-state index contributed by atoms with van der Waals surface area (Å²) in [7, 11) is 0. The first-order chi connectivity index (χ1) is 14.0. The largest absolute Gasteiger partial charge is 0.342 e. The van der Waals surface area contributed by atoms with Crippen LogP contribution in [0.2, 0.25) is 5.02 Å². The van der Waals surface area contributed by atoms with Crippen LogP contribution in [0.15, 0.2) is 29.4 Å². The smallest absolute Gasteiger partial charge is 0.233 e.